The molecule has 0 spiro atoms. The first-order valence-corrected chi connectivity index (χ1v) is 8.93. The number of methoxy groups -OCH3 is 1. The van der Waals surface area contributed by atoms with Crippen LogP contribution in [0.1, 0.15) is 24.8 Å². The number of allylic oxidation sites excluding steroid dienone is 1. The number of nitrogens with one attached hydrogen (secondary N) is 1. The van der Waals surface area contributed by atoms with E-state index in [1.807, 2.05) is 12.1 Å². The largest absolute Gasteiger partial charge is 0.497 e. The Morgan fingerprint density at radius 2 is 1.72 bits per heavy atom. The van der Waals surface area contributed by atoms with E-state index in [4.69, 9.17) is 4.74 Å². The molecule has 0 amide bonds. The molecule has 0 saturated heterocycles. The van der Waals surface area contributed by atoms with Gasteiger partial charge in [0.25, 0.3) is 0 Å². The fourth-order valence-corrected chi connectivity index (χ4v) is 3.60. The maximum Gasteiger partial charge on any atom is 0.119 e. The third kappa shape index (κ3) is 3.39. The minimum Gasteiger partial charge on any atom is -0.497 e. The SMILES string of the molecule is COc1ccc(N[C@H]2CCCC=C2c2ccc3ccccc3c2)cc1. The molecule has 126 valence electrons. The minimum absolute atomic E-state index is 0.350. The summed E-state index contributed by atoms with van der Waals surface area (Å²) < 4.78 is 5.25. The number of anilines is 1. The van der Waals surface area contributed by atoms with Crippen molar-refractivity contribution in [3.8, 4) is 5.75 Å². The topological polar surface area (TPSA) is 21.3 Å². The molecule has 0 saturated carbocycles. The molecule has 2 heteroatoms. The van der Waals surface area contributed by atoms with Gasteiger partial charge < -0.3 is 10.1 Å². The molecule has 1 N–H and O–H groups in total. The van der Waals surface area contributed by atoms with Crippen LogP contribution < -0.4 is 10.1 Å². The van der Waals surface area contributed by atoms with Gasteiger partial charge in [0.1, 0.15) is 5.75 Å². The van der Waals surface area contributed by atoms with Crippen molar-refractivity contribution in [2.24, 2.45) is 0 Å². The zero-order valence-electron chi connectivity index (χ0n) is 14.5. The lowest BCUT2D eigenvalue weighted by Crippen LogP contribution is -2.23. The summed E-state index contributed by atoms with van der Waals surface area (Å²) in [6.07, 6.45) is 5.94. The van der Waals surface area contributed by atoms with Gasteiger partial charge in [0.2, 0.25) is 0 Å². The van der Waals surface area contributed by atoms with Gasteiger partial charge in [0, 0.05) is 5.69 Å². The first-order chi connectivity index (χ1) is 12.3. The van der Waals surface area contributed by atoms with Crippen LogP contribution in [0, 0.1) is 0 Å². The van der Waals surface area contributed by atoms with Gasteiger partial charge in [-0.15, -0.1) is 0 Å². The number of ether oxygens (including phenoxy) is 1. The zero-order valence-corrected chi connectivity index (χ0v) is 14.5. The third-order valence-electron chi connectivity index (χ3n) is 4.95. The van der Waals surface area contributed by atoms with Crippen molar-refractivity contribution in [3.63, 3.8) is 0 Å². The normalized spacial score (nSPS) is 17.2. The van der Waals surface area contributed by atoms with Gasteiger partial charge in [-0.05, 0) is 71.5 Å². The second-order valence-electron chi connectivity index (χ2n) is 6.58. The molecule has 0 fully saturated rings. The lowest BCUT2D eigenvalue weighted by molar-refractivity contribution is 0.415. The quantitative estimate of drug-likeness (QED) is 0.644. The summed E-state index contributed by atoms with van der Waals surface area (Å²) >= 11 is 0. The molecule has 2 nitrogen and oxygen atoms in total. The van der Waals surface area contributed by atoms with Gasteiger partial charge in [-0.2, -0.15) is 0 Å². The Hall–Kier alpha value is -2.74. The lowest BCUT2D eigenvalue weighted by Gasteiger charge is -2.27. The molecule has 1 aliphatic carbocycles. The van der Waals surface area contributed by atoms with Gasteiger partial charge in [-0.1, -0.05) is 42.5 Å². The van der Waals surface area contributed by atoms with Crippen LogP contribution in [0.15, 0.2) is 72.8 Å². The first kappa shape index (κ1) is 15.8. The molecule has 0 radical (unpaired) electrons. The molecule has 0 heterocycles. The van der Waals surface area contributed by atoms with E-state index in [2.05, 4.69) is 66.0 Å². The lowest BCUT2D eigenvalue weighted by atomic mass is 9.88. The molecule has 0 bridgehead atoms. The average molecular weight is 329 g/mol. The third-order valence-corrected chi connectivity index (χ3v) is 4.95. The summed E-state index contributed by atoms with van der Waals surface area (Å²) in [5.41, 5.74) is 3.87. The average Bonchev–Trinajstić information content (AvgIpc) is 2.69. The molecular weight excluding hydrogens is 306 g/mol. The summed E-state index contributed by atoms with van der Waals surface area (Å²) in [7, 11) is 1.70. The molecule has 1 atom stereocenters. The predicted molar refractivity (Wildman–Crippen MR) is 106 cm³/mol. The number of fused-ring (bicyclic) bond motifs is 1. The Labute approximate surface area is 149 Å². The van der Waals surface area contributed by atoms with Crippen LogP contribution in [0.5, 0.6) is 5.75 Å². The summed E-state index contributed by atoms with van der Waals surface area (Å²) in [5, 5.41) is 6.30. The Balaban J connectivity index is 1.62. The standard InChI is InChI=1S/C23H23NO/c1-25-21-14-12-20(13-15-21)24-23-9-5-4-8-22(23)19-11-10-17-6-2-3-7-18(17)16-19/h2-3,6-8,10-16,23-24H,4-5,9H2,1H3/t23-/m0/s1. The number of benzene rings is 3. The monoisotopic (exact) mass is 329 g/mol. The highest BCUT2D eigenvalue weighted by Gasteiger charge is 2.19. The van der Waals surface area contributed by atoms with E-state index in [9.17, 15) is 0 Å². The van der Waals surface area contributed by atoms with E-state index in [-0.39, 0.29) is 0 Å². The van der Waals surface area contributed by atoms with Crippen LogP contribution in [0.3, 0.4) is 0 Å². The molecule has 3 aromatic carbocycles. The Kier molecular flexibility index (Phi) is 4.43. The van der Waals surface area contributed by atoms with Crippen molar-refractivity contribution >= 4 is 22.0 Å². The van der Waals surface area contributed by atoms with Gasteiger partial charge in [0.15, 0.2) is 0 Å². The van der Waals surface area contributed by atoms with Gasteiger partial charge in [-0.25, -0.2) is 0 Å². The highest BCUT2D eigenvalue weighted by atomic mass is 16.5. The molecule has 3 aromatic rings. The molecule has 4 rings (SSSR count). The van der Waals surface area contributed by atoms with Gasteiger partial charge >= 0.3 is 0 Å². The second-order valence-corrected chi connectivity index (χ2v) is 6.58. The molecule has 0 aliphatic heterocycles. The van der Waals surface area contributed by atoms with E-state index < -0.39 is 0 Å². The zero-order chi connectivity index (χ0) is 17.1. The van der Waals surface area contributed by atoms with E-state index >= 15 is 0 Å². The van der Waals surface area contributed by atoms with E-state index in [0.29, 0.717) is 6.04 Å². The highest BCUT2D eigenvalue weighted by molar-refractivity contribution is 5.87. The van der Waals surface area contributed by atoms with Crippen molar-refractivity contribution in [2.75, 3.05) is 12.4 Å². The number of rotatable bonds is 4. The van der Waals surface area contributed by atoms with E-state index in [1.165, 1.54) is 28.3 Å². The maximum absolute atomic E-state index is 5.25. The van der Waals surface area contributed by atoms with Crippen molar-refractivity contribution in [3.05, 3.63) is 78.4 Å². The molecule has 25 heavy (non-hydrogen) atoms. The Morgan fingerprint density at radius 3 is 2.52 bits per heavy atom. The van der Waals surface area contributed by atoms with Crippen molar-refractivity contribution in [2.45, 2.75) is 25.3 Å². The summed E-state index contributed by atoms with van der Waals surface area (Å²) in [6.45, 7) is 0. The van der Waals surface area contributed by atoms with Gasteiger partial charge in [-0.3, -0.25) is 0 Å². The first-order valence-electron chi connectivity index (χ1n) is 8.93. The van der Waals surface area contributed by atoms with Crippen molar-refractivity contribution < 1.29 is 4.74 Å². The molecular formula is C23H23NO. The van der Waals surface area contributed by atoms with Crippen LogP contribution in [0.25, 0.3) is 16.3 Å². The minimum atomic E-state index is 0.350. The summed E-state index contributed by atoms with van der Waals surface area (Å²) in [5.74, 6) is 0.888. The van der Waals surface area contributed by atoms with E-state index in [0.717, 1.165) is 24.3 Å². The van der Waals surface area contributed by atoms with E-state index in [1.54, 1.807) is 7.11 Å². The second kappa shape index (κ2) is 7.02. The van der Waals surface area contributed by atoms with Gasteiger partial charge in [0.05, 0.1) is 13.2 Å². The predicted octanol–water partition coefficient (Wildman–Crippen LogP) is 5.90. The number of hydrogen-bond acceptors (Lipinski definition) is 2. The Morgan fingerprint density at radius 1 is 0.920 bits per heavy atom. The highest BCUT2D eigenvalue weighted by Crippen LogP contribution is 2.32. The molecule has 0 unspecified atom stereocenters. The maximum atomic E-state index is 5.25. The van der Waals surface area contributed by atoms with Crippen LogP contribution in [-0.2, 0) is 0 Å². The van der Waals surface area contributed by atoms with Crippen LogP contribution in [-0.4, -0.2) is 13.2 Å². The van der Waals surface area contributed by atoms with Crippen LogP contribution in [0.2, 0.25) is 0 Å². The molecule has 0 aromatic heterocycles. The smallest absolute Gasteiger partial charge is 0.119 e. The summed E-state index contributed by atoms with van der Waals surface area (Å²) in [4.78, 5) is 0. The fourth-order valence-electron chi connectivity index (χ4n) is 3.60. The van der Waals surface area contributed by atoms with Crippen molar-refractivity contribution in [1.82, 2.24) is 0 Å². The van der Waals surface area contributed by atoms with Crippen molar-refractivity contribution in [1.29, 1.82) is 0 Å². The molecule has 1 aliphatic rings. The Bertz CT molecular complexity index is 895. The van der Waals surface area contributed by atoms with Crippen LogP contribution in [0.4, 0.5) is 5.69 Å². The number of hydrogen-bond donors (Lipinski definition) is 1. The fraction of sp³-hybridized carbons (Fsp3) is 0.217. The van der Waals surface area contributed by atoms with Crippen LogP contribution >= 0.6 is 0 Å². The summed E-state index contributed by atoms with van der Waals surface area (Å²) in [6, 6.07) is 23.9.